The number of para-hydroxylation sites is 1. The average molecular weight is 300 g/mol. The van der Waals surface area contributed by atoms with Crippen molar-refractivity contribution in [3.05, 3.63) is 46.3 Å². The Morgan fingerprint density at radius 3 is 2.68 bits per heavy atom. The molecule has 5 nitrogen and oxygen atoms in total. The predicted octanol–water partition coefficient (Wildman–Crippen LogP) is 1.82. The van der Waals surface area contributed by atoms with Gasteiger partial charge in [0, 0.05) is 25.2 Å². The number of hydrogen-bond donors (Lipinski definition) is 0. The second kappa shape index (κ2) is 5.57. The molecule has 1 saturated heterocycles. The monoisotopic (exact) mass is 300 g/mol. The van der Waals surface area contributed by atoms with Crippen LogP contribution in [0.3, 0.4) is 0 Å². The van der Waals surface area contributed by atoms with Gasteiger partial charge in [0.05, 0.1) is 5.39 Å². The number of nitrogens with zero attached hydrogens (tertiary/aromatic N) is 2. The Bertz CT molecular complexity index is 766. The van der Waals surface area contributed by atoms with Gasteiger partial charge in [0.2, 0.25) is 0 Å². The van der Waals surface area contributed by atoms with E-state index in [-0.39, 0.29) is 17.1 Å². The SMILES string of the molecule is C[C@@H]1CN(C(=O)c2cc(=O)c3ccccc3o2)C[C@@H]1N(C)C. The summed E-state index contributed by atoms with van der Waals surface area (Å²) in [5.41, 5.74) is 0.274. The van der Waals surface area contributed by atoms with E-state index >= 15 is 0 Å². The molecule has 1 aromatic carbocycles. The molecule has 0 spiro atoms. The molecule has 1 amide bonds. The first-order valence-electron chi connectivity index (χ1n) is 7.46. The summed E-state index contributed by atoms with van der Waals surface area (Å²) in [6.07, 6.45) is 0. The topological polar surface area (TPSA) is 53.8 Å². The summed E-state index contributed by atoms with van der Waals surface area (Å²) in [7, 11) is 4.04. The molecule has 0 radical (unpaired) electrons. The Balaban J connectivity index is 1.92. The van der Waals surface area contributed by atoms with E-state index in [1.165, 1.54) is 6.07 Å². The van der Waals surface area contributed by atoms with Crippen molar-refractivity contribution in [1.29, 1.82) is 0 Å². The highest BCUT2D eigenvalue weighted by molar-refractivity contribution is 5.93. The molecule has 2 atom stereocenters. The third-order valence-electron chi connectivity index (χ3n) is 4.37. The number of hydrogen-bond acceptors (Lipinski definition) is 4. The van der Waals surface area contributed by atoms with Crippen molar-refractivity contribution in [1.82, 2.24) is 9.80 Å². The lowest BCUT2D eigenvalue weighted by Crippen LogP contribution is -2.36. The number of likely N-dealkylation sites (N-methyl/N-ethyl adjacent to an activating group) is 1. The van der Waals surface area contributed by atoms with Gasteiger partial charge in [-0.15, -0.1) is 0 Å². The molecule has 0 saturated carbocycles. The molecule has 3 rings (SSSR count). The predicted molar refractivity (Wildman–Crippen MR) is 85.0 cm³/mol. The fourth-order valence-corrected chi connectivity index (χ4v) is 3.15. The Morgan fingerprint density at radius 2 is 2.00 bits per heavy atom. The molecule has 0 bridgehead atoms. The van der Waals surface area contributed by atoms with Crippen LogP contribution < -0.4 is 5.43 Å². The zero-order chi connectivity index (χ0) is 15.9. The normalized spacial score (nSPS) is 21.7. The van der Waals surface area contributed by atoms with Gasteiger partial charge >= 0.3 is 0 Å². The molecule has 1 aromatic heterocycles. The molecule has 5 heteroatoms. The molecule has 2 heterocycles. The maximum atomic E-state index is 12.6. The molecular formula is C17H20N2O3. The maximum absolute atomic E-state index is 12.6. The third kappa shape index (κ3) is 2.52. The first-order valence-corrected chi connectivity index (χ1v) is 7.46. The van der Waals surface area contributed by atoms with Crippen molar-refractivity contribution in [3.63, 3.8) is 0 Å². The molecule has 0 unspecified atom stereocenters. The highest BCUT2D eigenvalue weighted by atomic mass is 16.3. The molecule has 1 aliphatic rings. The fraction of sp³-hybridized carbons (Fsp3) is 0.412. The minimum atomic E-state index is -0.209. The van der Waals surface area contributed by atoms with Crippen molar-refractivity contribution in [2.24, 2.45) is 5.92 Å². The van der Waals surface area contributed by atoms with Crippen LogP contribution in [0.4, 0.5) is 0 Å². The van der Waals surface area contributed by atoms with E-state index < -0.39 is 0 Å². The van der Waals surface area contributed by atoms with Crippen LogP contribution in [0.5, 0.6) is 0 Å². The van der Waals surface area contributed by atoms with Gasteiger partial charge in [0.1, 0.15) is 5.58 Å². The highest BCUT2D eigenvalue weighted by Crippen LogP contribution is 2.22. The number of amides is 1. The molecular weight excluding hydrogens is 280 g/mol. The van der Waals surface area contributed by atoms with Crippen molar-refractivity contribution in [3.8, 4) is 0 Å². The van der Waals surface area contributed by atoms with Gasteiger partial charge in [-0.05, 0) is 32.1 Å². The standard InChI is InChI=1S/C17H20N2O3/c1-11-9-19(10-13(11)18(2)3)17(21)16-8-14(20)12-6-4-5-7-15(12)22-16/h4-8,11,13H,9-10H2,1-3H3/t11-,13+/m1/s1. The summed E-state index contributed by atoms with van der Waals surface area (Å²) >= 11 is 0. The van der Waals surface area contributed by atoms with E-state index in [2.05, 4.69) is 11.8 Å². The van der Waals surface area contributed by atoms with Crippen LogP contribution in [0.25, 0.3) is 11.0 Å². The Morgan fingerprint density at radius 1 is 1.27 bits per heavy atom. The molecule has 1 aliphatic heterocycles. The van der Waals surface area contributed by atoms with Gasteiger partial charge < -0.3 is 14.2 Å². The van der Waals surface area contributed by atoms with E-state index in [1.54, 1.807) is 29.2 Å². The maximum Gasteiger partial charge on any atom is 0.289 e. The summed E-state index contributed by atoms with van der Waals surface area (Å²) < 4.78 is 5.64. The van der Waals surface area contributed by atoms with Crippen LogP contribution in [-0.2, 0) is 0 Å². The van der Waals surface area contributed by atoms with Crippen molar-refractivity contribution < 1.29 is 9.21 Å². The third-order valence-corrected chi connectivity index (χ3v) is 4.37. The lowest BCUT2D eigenvalue weighted by molar-refractivity contribution is 0.0750. The molecule has 116 valence electrons. The van der Waals surface area contributed by atoms with Gasteiger partial charge in [-0.2, -0.15) is 0 Å². The smallest absolute Gasteiger partial charge is 0.289 e. The molecule has 22 heavy (non-hydrogen) atoms. The Kier molecular flexibility index (Phi) is 3.74. The largest absolute Gasteiger partial charge is 0.451 e. The highest BCUT2D eigenvalue weighted by Gasteiger charge is 2.34. The van der Waals surface area contributed by atoms with Crippen LogP contribution in [0.2, 0.25) is 0 Å². The van der Waals surface area contributed by atoms with E-state index in [0.717, 1.165) is 0 Å². The van der Waals surface area contributed by atoms with Gasteiger partial charge in [-0.25, -0.2) is 0 Å². The first-order chi connectivity index (χ1) is 10.5. The van der Waals surface area contributed by atoms with E-state index in [9.17, 15) is 9.59 Å². The number of likely N-dealkylation sites (tertiary alicyclic amines) is 1. The summed E-state index contributed by atoms with van der Waals surface area (Å²) in [5.74, 6) is 0.306. The van der Waals surface area contributed by atoms with E-state index in [4.69, 9.17) is 4.42 Å². The first kappa shape index (κ1) is 14.8. The van der Waals surface area contributed by atoms with Crippen molar-refractivity contribution >= 4 is 16.9 Å². The quantitative estimate of drug-likeness (QED) is 0.849. The minimum Gasteiger partial charge on any atom is -0.451 e. The number of rotatable bonds is 2. The van der Waals surface area contributed by atoms with Gasteiger partial charge in [-0.1, -0.05) is 19.1 Å². The second-order valence-electron chi connectivity index (χ2n) is 6.19. The van der Waals surface area contributed by atoms with Crippen molar-refractivity contribution in [2.45, 2.75) is 13.0 Å². The Hall–Kier alpha value is -2.14. The molecule has 0 N–H and O–H groups in total. The molecule has 2 aromatic rings. The van der Waals surface area contributed by atoms with Crippen molar-refractivity contribution in [2.75, 3.05) is 27.2 Å². The minimum absolute atomic E-state index is 0.121. The van der Waals surface area contributed by atoms with Crippen LogP contribution in [0.1, 0.15) is 17.5 Å². The number of benzene rings is 1. The zero-order valence-electron chi connectivity index (χ0n) is 13.1. The Labute approximate surface area is 129 Å². The summed E-state index contributed by atoms with van der Waals surface area (Å²) in [6, 6.07) is 8.62. The van der Waals surface area contributed by atoms with Crippen LogP contribution in [0, 0.1) is 5.92 Å². The molecule has 1 fully saturated rings. The fourth-order valence-electron chi connectivity index (χ4n) is 3.15. The number of carbonyl (C=O) groups is 1. The summed E-state index contributed by atoms with van der Waals surface area (Å²) in [4.78, 5) is 28.6. The van der Waals surface area contributed by atoms with Crippen LogP contribution in [0.15, 0.2) is 39.5 Å². The second-order valence-corrected chi connectivity index (χ2v) is 6.19. The van der Waals surface area contributed by atoms with Crippen LogP contribution >= 0.6 is 0 Å². The lowest BCUT2D eigenvalue weighted by Gasteiger charge is -2.22. The lowest BCUT2D eigenvalue weighted by atomic mass is 10.1. The molecule has 0 aliphatic carbocycles. The van der Waals surface area contributed by atoms with Gasteiger partial charge in [-0.3, -0.25) is 9.59 Å². The van der Waals surface area contributed by atoms with Gasteiger partial charge in [0.15, 0.2) is 11.2 Å². The zero-order valence-corrected chi connectivity index (χ0v) is 13.1. The number of fused-ring (bicyclic) bond motifs is 1. The summed E-state index contributed by atoms with van der Waals surface area (Å²) in [5, 5.41) is 0.500. The number of carbonyl (C=O) groups excluding carboxylic acids is 1. The van der Waals surface area contributed by atoms with E-state index in [1.807, 2.05) is 14.1 Å². The summed E-state index contributed by atoms with van der Waals surface area (Å²) in [6.45, 7) is 3.47. The van der Waals surface area contributed by atoms with E-state index in [0.29, 0.717) is 36.0 Å². The van der Waals surface area contributed by atoms with Crippen LogP contribution in [-0.4, -0.2) is 48.9 Å². The average Bonchev–Trinajstić information content (AvgIpc) is 2.88. The van der Waals surface area contributed by atoms with Gasteiger partial charge in [0.25, 0.3) is 5.91 Å².